The molecule has 0 bridgehead atoms. The molecule has 0 fully saturated rings. The van der Waals surface area contributed by atoms with Crippen molar-refractivity contribution in [1.29, 1.82) is 0 Å². The molecule has 2 N–H and O–H groups in total. The van der Waals surface area contributed by atoms with E-state index in [1.54, 1.807) is 0 Å². The van der Waals surface area contributed by atoms with Gasteiger partial charge in [0.05, 0.1) is 17.7 Å². The van der Waals surface area contributed by atoms with E-state index in [9.17, 15) is 14.0 Å². The minimum atomic E-state index is -1.02. The van der Waals surface area contributed by atoms with Crippen molar-refractivity contribution in [3.05, 3.63) is 45.7 Å². The van der Waals surface area contributed by atoms with Gasteiger partial charge in [-0.2, -0.15) is 0 Å². The molecule has 1 amide bonds. The van der Waals surface area contributed by atoms with Crippen LogP contribution >= 0.6 is 22.9 Å². The Morgan fingerprint density at radius 2 is 2.20 bits per heavy atom. The highest BCUT2D eigenvalue weighted by Gasteiger charge is 2.14. The fourth-order valence-electron chi connectivity index (χ4n) is 1.44. The number of anilines is 1. The van der Waals surface area contributed by atoms with Gasteiger partial charge in [-0.25, -0.2) is 9.37 Å². The van der Waals surface area contributed by atoms with Gasteiger partial charge in [0.25, 0.3) is 5.91 Å². The van der Waals surface area contributed by atoms with E-state index in [4.69, 9.17) is 16.7 Å². The number of hydrogen-bond acceptors (Lipinski definition) is 4. The predicted molar refractivity (Wildman–Crippen MR) is 72.8 cm³/mol. The van der Waals surface area contributed by atoms with Crippen LogP contribution in [0, 0.1) is 5.82 Å². The molecule has 8 heteroatoms. The molecule has 0 saturated heterocycles. The highest BCUT2D eigenvalue weighted by molar-refractivity contribution is 7.14. The van der Waals surface area contributed by atoms with Crippen molar-refractivity contribution in [3.8, 4) is 0 Å². The molecule has 2 aromatic rings. The van der Waals surface area contributed by atoms with Gasteiger partial charge in [0.2, 0.25) is 0 Å². The molecule has 104 valence electrons. The number of carboxylic acids is 1. The van der Waals surface area contributed by atoms with E-state index in [2.05, 4.69) is 10.3 Å². The van der Waals surface area contributed by atoms with Crippen molar-refractivity contribution in [2.75, 3.05) is 5.32 Å². The Balaban J connectivity index is 2.13. The Morgan fingerprint density at radius 1 is 1.45 bits per heavy atom. The normalized spacial score (nSPS) is 10.3. The number of carbonyl (C=O) groups is 2. The summed E-state index contributed by atoms with van der Waals surface area (Å²) in [5.41, 5.74) is 0.122. The Morgan fingerprint density at radius 3 is 2.90 bits per heavy atom. The highest BCUT2D eigenvalue weighted by Crippen LogP contribution is 2.19. The summed E-state index contributed by atoms with van der Waals surface area (Å²) in [4.78, 5) is 26.3. The second-order valence-corrected chi connectivity index (χ2v) is 5.09. The molecule has 20 heavy (non-hydrogen) atoms. The molecule has 1 heterocycles. The second-order valence-electron chi connectivity index (χ2n) is 3.79. The van der Waals surface area contributed by atoms with Gasteiger partial charge in [0, 0.05) is 10.4 Å². The summed E-state index contributed by atoms with van der Waals surface area (Å²) in [5, 5.41) is 13.0. The number of benzene rings is 1. The van der Waals surface area contributed by atoms with Crippen LogP contribution in [0.4, 0.5) is 9.52 Å². The van der Waals surface area contributed by atoms with Gasteiger partial charge in [-0.3, -0.25) is 14.9 Å². The van der Waals surface area contributed by atoms with Crippen LogP contribution in [0.1, 0.15) is 16.1 Å². The highest BCUT2D eigenvalue weighted by atomic mass is 35.5. The fraction of sp³-hybridized carbons (Fsp3) is 0.0833. The summed E-state index contributed by atoms with van der Waals surface area (Å²) in [6, 6.07) is 3.63. The first-order valence-corrected chi connectivity index (χ1v) is 6.64. The standard InChI is InChI=1S/C12H8ClFN2O3S/c13-6-1-2-9(14)8(3-6)11(19)16-12-15-7(5-20-12)4-10(17)18/h1-3,5H,4H2,(H,17,18)(H,15,16,19). The van der Waals surface area contributed by atoms with Crippen molar-refractivity contribution in [1.82, 2.24) is 4.98 Å². The number of carboxylic acid groups (broad SMARTS) is 1. The van der Waals surface area contributed by atoms with Gasteiger partial charge in [0.15, 0.2) is 5.13 Å². The first kappa shape index (κ1) is 14.4. The van der Waals surface area contributed by atoms with Crippen LogP contribution in [-0.4, -0.2) is 22.0 Å². The van der Waals surface area contributed by atoms with E-state index in [0.717, 1.165) is 17.4 Å². The minimum Gasteiger partial charge on any atom is -0.481 e. The monoisotopic (exact) mass is 314 g/mol. The number of nitrogens with one attached hydrogen (secondary N) is 1. The molecular weight excluding hydrogens is 307 g/mol. The van der Waals surface area contributed by atoms with Crippen LogP contribution in [0.5, 0.6) is 0 Å². The maximum Gasteiger partial charge on any atom is 0.309 e. The van der Waals surface area contributed by atoms with Gasteiger partial charge in [-0.15, -0.1) is 11.3 Å². The van der Waals surface area contributed by atoms with Gasteiger partial charge < -0.3 is 5.11 Å². The van der Waals surface area contributed by atoms with Crippen molar-refractivity contribution >= 4 is 39.9 Å². The predicted octanol–water partition coefficient (Wildman–Crippen LogP) is 2.82. The van der Waals surface area contributed by atoms with Gasteiger partial charge in [-0.1, -0.05) is 11.6 Å². The Hall–Kier alpha value is -1.99. The molecule has 5 nitrogen and oxygen atoms in total. The lowest BCUT2D eigenvalue weighted by Crippen LogP contribution is -2.13. The SMILES string of the molecule is O=C(O)Cc1csc(NC(=O)c2cc(Cl)ccc2F)n1. The van der Waals surface area contributed by atoms with Crippen LogP contribution in [-0.2, 0) is 11.2 Å². The molecule has 0 aliphatic heterocycles. The van der Waals surface area contributed by atoms with Gasteiger partial charge >= 0.3 is 5.97 Å². The van der Waals surface area contributed by atoms with Crippen LogP contribution in [0.25, 0.3) is 0 Å². The van der Waals surface area contributed by atoms with E-state index in [1.165, 1.54) is 17.5 Å². The lowest BCUT2D eigenvalue weighted by Gasteiger charge is -2.03. The number of hydrogen-bond donors (Lipinski definition) is 2. The summed E-state index contributed by atoms with van der Waals surface area (Å²) in [5.74, 6) is -2.41. The summed E-state index contributed by atoms with van der Waals surface area (Å²) >= 11 is 6.76. The number of aromatic nitrogens is 1. The number of aliphatic carboxylic acids is 1. The van der Waals surface area contributed by atoms with Crippen molar-refractivity contribution in [2.45, 2.75) is 6.42 Å². The van der Waals surface area contributed by atoms with Crippen LogP contribution in [0.2, 0.25) is 5.02 Å². The molecule has 0 aliphatic carbocycles. The molecular formula is C12H8ClFN2O3S. The molecule has 0 radical (unpaired) electrons. The third-order valence-electron chi connectivity index (χ3n) is 2.28. The number of nitrogens with zero attached hydrogens (tertiary/aromatic N) is 1. The number of halogens is 2. The molecule has 1 aromatic carbocycles. The molecule has 0 unspecified atom stereocenters. The van der Waals surface area contributed by atoms with Crippen molar-refractivity contribution < 1.29 is 19.1 Å². The van der Waals surface area contributed by atoms with Crippen molar-refractivity contribution in [2.24, 2.45) is 0 Å². The van der Waals surface area contributed by atoms with Crippen LogP contribution in [0.15, 0.2) is 23.6 Å². The summed E-state index contributed by atoms with van der Waals surface area (Å²) in [6.45, 7) is 0. The van der Waals surface area contributed by atoms with Crippen LogP contribution in [0.3, 0.4) is 0 Å². The van der Waals surface area contributed by atoms with E-state index < -0.39 is 17.7 Å². The molecule has 2 rings (SSSR count). The quantitative estimate of drug-likeness (QED) is 0.909. The summed E-state index contributed by atoms with van der Waals surface area (Å²) in [7, 11) is 0. The van der Waals surface area contributed by atoms with Crippen molar-refractivity contribution in [3.63, 3.8) is 0 Å². The smallest absolute Gasteiger partial charge is 0.309 e. The average molecular weight is 315 g/mol. The number of amides is 1. The van der Waals surface area contributed by atoms with Gasteiger partial charge in [0.1, 0.15) is 5.82 Å². The lowest BCUT2D eigenvalue weighted by atomic mass is 10.2. The van der Waals surface area contributed by atoms with Crippen LogP contribution < -0.4 is 5.32 Å². The van der Waals surface area contributed by atoms with E-state index in [-0.39, 0.29) is 22.1 Å². The van der Waals surface area contributed by atoms with E-state index in [0.29, 0.717) is 5.69 Å². The largest absolute Gasteiger partial charge is 0.481 e. The first-order valence-electron chi connectivity index (χ1n) is 5.38. The molecule has 0 saturated carbocycles. The third-order valence-corrected chi connectivity index (χ3v) is 3.32. The number of thiazole rings is 1. The Kier molecular flexibility index (Phi) is 4.31. The minimum absolute atomic E-state index is 0.200. The molecule has 1 aromatic heterocycles. The zero-order chi connectivity index (χ0) is 14.7. The zero-order valence-corrected chi connectivity index (χ0v) is 11.5. The second kappa shape index (κ2) is 5.98. The summed E-state index contributed by atoms with van der Waals surface area (Å²) < 4.78 is 13.5. The fourth-order valence-corrected chi connectivity index (χ4v) is 2.31. The molecule has 0 spiro atoms. The van der Waals surface area contributed by atoms with Gasteiger partial charge in [-0.05, 0) is 18.2 Å². The average Bonchev–Trinajstić information content (AvgIpc) is 2.78. The third kappa shape index (κ3) is 3.52. The Labute approximate surface area is 122 Å². The van der Waals surface area contributed by atoms with E-state index >= 15 is 0 Å². The molecule has 0 atom stereocenters. The number of carbonyl (C=O) groups excluding carboxylic acids is 1. The summed E-state index contributed by atoms with van der Waals surface area (Å²) in [6.07, 6.45) is -0.238. The first-order chi connectivity index (χ1) is 9.45. The Bertz CT molecular complexity index is 674. The molecule has 0 aliphatic rings. The maximum absolute atomic E-state index is 13.5. The number of rotatable bonds is 4. The van der Waals surface area contributed by atoms with E-state index in [1.807, 2.05) is 0 Å². The topological polar surface area (TPSA) is 79.3 Å². The maximum atomic E-state index is 13.5. The lowest BCUT2D eigenvalue weighted by molar-refractivity contribution is -0.136. The zero-order valence-electron chi connectivity index (χ0n) is 9.89.